The van der Waals surface area contributed by atoms with E-state index in [0.717, 1.165) is 38.3 Å². The Morgan fingerprint density at radius 3 is 2.80 bits per heavy atom. The van der Waals surface area contributed by atoms with Gasteiger partial charge in [-0.25, -0.2) is 0 Å². The summed E-state index contributed by atoms with van der Waals surface area (Å²) in [5.41, 5.74) is 6.26. The summed E-state index contributed by atoms with van der Waals surface area (Å²) in [6.07, 6.45) is 5.28. The number of hydrogen-bond acceptors (Lipinski definition) is 6. The molecular formula is C14H25N5O. The van der Waals surface area contributed by atoms with Gasteiger partial charge in [0.05, 0.1) is 6.04 Å². The van der Waals surface area contributed by atoms with Crippen LogP contribution in [-0.2, 0) is 6.42 Å². The lowest BCUT2D eigenvalue weighted by Gasteiger charge is -2.35. The highest BCUT2D eigenvalue weighted by Crippen LogP contribution is 2.30. The zero-order chi connectivity index (χ0) is 14.2. The van der Waals surface area contributed by atoms with Crippen molar-refractivity contribution < 1.29 is 4.52 Å². The van der Waals surface area contributed by atoms with E-state index in [1.807, 2.05) is 0 Å². The second-order valence-corrected chi connectivity index (χ2v) is 6.55. The maximum atomic E-state index is 6.38. The minimum Gasteiger partial charge on any atom is -0.339 e. The van der Waals surface area contributed by atoms with Crippen LogP contribution in [0.25, 0.3) is 0 Å². The molecule has 2 aliphatic rings. The van der Waals surface area contributed by atoms with Crippen LogP contribution in [0.2, 0.25) is 0 Å². The van der Waals surface area contributed by atoms with Crippen molar-refractivity contribution in [2.24, 2.45) is 5.73 Å². The van der Waals surface area contributed by atoms with Crippen LogP contribution in [0.1, 0.15) is 43.4 Å². The van der Waals surface area contributed by atoms with Crippen molar-refractivity contribution in [2.45, 2.75) is 43.7 Å². The summed E-state index contributed by atoms with van der Waals surface area (Å²) < 4.78 is 5.44. The Hall–Kier alpha value is -0.980. The molecule has 2 N–H and O–H groups in total. The monoisotopic (exact) mass is 279 g/mol. The van der Waals surface area contributed by atoms with Crippen LogP contribution >= 0.6 is 0 Å². The Morgan fingerprint density at radius 2 is 2.05 bits per heavy atom. The first-order chi connectivity index (χ1) is 9.56. The van der Waals surface area contributed by atoms with Crippen molar-refractivity contribution in [1.82, 2.24) is 19.9 Å². The Kier molecular flexibility index (Phi) is 3.79. The summed E-state index contributed by atoms with van der Waals surface area (Å²) in [6, 6.07) is 0.226. The third-order valence-corrected chi connectivity index (χ3v) is 4.74. The van der Waals surface area contributed by atoms with Gasteiger partial charge in [0.1, 0.15) is 0 Å². The summed E-state index contributed by atoms with van der Waals surface area (Å²) >= 11 is 0. The van der Waals surface area contributed by atoms with Crippen LogP contribution in [0.5, 0.6) is 0 Å². The molecule has 112 valence electrons. The summed E-state index contributed by atoms with van der Waals surface area (Å²) in [7, 11) is 4.25. The third kappa shape index (κ3) is 2.87. The third-order valence-electron chi connectivity index (χ3n) is 4.74. The minimum absolute atomic E-state index is 0.126. The number of likely N-dealkylation sites (N-methyl/N-ethyl adjacent to an activating group) is 2. The minimum atomic E-state index is -0.126. The molecule has 1 aromatic heterocycles. The molecule has 0 bridgehead atoms. The highest BCUT2D eigenvalue weighted by Gasteiger charge is 2.33. The summed E-state index contributed by atoms with van der Waals surface area (Å²) in [5.74, 6) is 1.50. The van der Waals surface area contributed by atoms with Crippen molar-refractivity contribution >= 4 is 0 Å². The fourth-order valence-electron chi connectivity index (χ4n) is 3.32. The van der Waals surface area contributed by atoms with Crippen LogP contribution in [0, 0.1) is 0 Å². The number of rotatable bonds is 3. The van der Waals surface area contributed by atoms with Crippen LogP contribution < -0.4 is 5.73 Å². The van der Waals surface area contributed by atoms with Gasteiger partial charge in [0.15, 0.2) is 5.82 Å². The van der Waals surface area contributed by atoms with Crippen LogP contribution in [0.4, 0.5) is 0 Å². The predicted octanol–water partition coefficient (Wildman–Crippen LogP) is 0.802. The first-order valence-corrected chi connectivity index (χ1v) is 7.56. The van der Waals surface area contributed by atoms with Crippen LogP contribution in [0.15, 0.2) is 4.52 Å². The van der Waals surface area contributed by atoms with Crippen molar-refractivity contribution in [1.29, 1.82) is 0 Å². The predicted molar refractivity (Wildman–Crippen MR) is 76.3 cm³/mol. The van der Waals surface area contributed by atoms with Crippen LogP contribution in [-0.4, -0.2) is 59.2 Å². The quantitative estimate of drug-likeness (QED) is 0.882. The zero-order valence-electron chi connectivity index (χ0n) is 12.5. The summed E-state index contributed by atoms with van der Waals surface area (Å²) in [4.78, 5) is 9.20. The average Bonchev–Trinajstić information content (AvgIpc) is 3.02. The second kappa shape index (κ2) is 5.42. The van der Waals surface area contributed by atoms with E-state index in [-0.39, 0.29) is 11.6 Å². The van der Waals surface area contributed by atoms with E-state index in [2.05, 4.69) is 34.0 Å². The van der Waals surface area contributed by atoms with Gasteiger partial charge < -0.3 is 15.2 Å². The molecule has 2 heterocycles. The van der Waals surface area contributed by atoms with Gasteiger partial charge in [0, 0.05) is 31.6 Å². The molecule has 2 fully saturated rings. The highest BCUT2D eigenvalue weighted by atomic mass is 16.5. The molecule has 3 rings (SSSR count). The maximum absolute atomic E-state index is 6.38. The average molecular weight is 279 g/mol. The van der Waals surface area contributed by atoms with E-state index in [1.54, 1.807) is 0 Å². The molecule has 1 saturated carbocycles. The second-order valence-electron chi connectivity index (χ2n) is 6.55. The maximum Gasteiger partial charge on any atom is 0.228 e. The van der Waals surface area contributed by atoms with Gasteiger partial charge >= 0.3 is 0 Å². The number of hydrogen-bond donors (Lipinski definition) is 1. The van der Waals surface area contributed by atoms with E-state index in [9.17, 15) is 0 Å². The van der Waals surface area contributed by atoms with E-state index in [0.29, 0.717) is 12.3 Å². The lowest BCUT2D eigenvalue weighted by atomic mass is 9.95. The lowest BCUT2D eigenvalue weighted by Crippen LogP contribution is -2.45. The molecule has 6 heteroatoms. The van der Waals surface area contributed by atoms with Gasteiger partial charge in [-0.05, 0) is 26.9 Å². The molecule has 0 radical (unpaired) electrons. The van der Waals surface area contributed by atoms with Gasteiger partial charge in [0.2, 0.25) is 5.89 Å². The largest absolute Gasteiger partial charge is 0.339 e. The topological polar surface area (TPSA) is 71.4 Å². The van der Waals surface area contributed by atoms with E-state index >= 15 is 0 Å². The van der Waals surface area contributed by atoms with Crippen molar-refractivity contribution in [3.8, 4) is 0 Å². The fraction of sp³-hybridized carbons (Fsp3) is 0.857. The smallest absolute Gasteiger partial charge is 0.228 e. The van der Waals surface area contributed by atoms with Crippen molar-refractivity contribution in [3.05, 3.63) is 11.7 Å². The van der Waals surface area contributed by atoms with E-state index in [4.69, 9.17) is 10.3 Å². The normalized spacial score (nSPS) is 28.1. The van der Waals surface area contributed by atoms with Gasteiger partial charge in [-0.3, -0.25) is 4.90 Å². The Balaban J connectivity index is 1.69. The highest BCUT2D eigenvalue weighted by molar-refractivity contribution is 5.02. The van der Waals surface area contributed by atoms with E-state index < -0.39 is 0 Å². The van der Waals surface area contributed by atoms with Gasteiger partial charge in [-0.2, -0.15) is 4.98 Å². The molecule has 1 atom stereocenters. The van der Waals surface area contributed by atoms with E-state index in [1.165, 1.54) is 12.8 Å². The number of nitrogens with two attached hydrogens (primary N) is 1. The number of piperazine rings is 1. The molecule has 1 aliphatic heterocycles. The zero-order valence-corrected chi connectivity index (χ0v) is 12.5. The van der Waals surface area contributed by atoms with Gasteiger partial charge in [0.25, 0.3) is 0 Å². The SMILES string of the molecule is CN1CCN(C)C(c2noc(CC3(N)CCCC3)n2)C1. The summed E-state index contributed by atoms with van der Waals surface area (Å²) in [6.45, 7) is 3.07. The van der Waals surface area contributed by atoms with Crippen LogP contribution in [0.3, 0.4) is 0 Å². The first-order valence-electron chi connectivity index (χ1n) is 7.56. The van der Waals surface area contributed by atoms with Crippen molar-refractivity contribution in [3.63, 3.8) is 0 Å². The molecule has 0 aromatic carbocycles. The summed E-state index contributed by atoms with van der Waals surface area (Å²) in [5, 5.41) is 4.19. The molecule has 6 nitrogen and oxygen atoms in total. The molecule has 1 aliphatic carbocycles. The fourth-order valence-corrected chi connectivity index (χ4v) is 3.32. The lowest BCUT2D eigenvalue weighted by molar-refractivity contribution is 0.108. The van der Waals surface area contributed by atoms with Gasteiger partial charge in [-0.15, -0.1) is 0 Å². The first kappa shape index (κ1) is 14.0. The molecule has 20 heavy (non-hydrogen) atoms. The molecular weight excluding hydrogens is 254 g/mol. The molecule has 1 saturated heterocycles. The number of nitrogens with zero attached hydrogens (tertiary/aromatic N) is 4. The molecule has 0 amide bonds. The Morgan fingerprint density at radius 1 is 1.30 bits per heavy atom. The molecule has 1 unspecified atom stereocenters. The standard InChI is InChI=1S/C14H25N5O/c1-18-7-8-19(2)11(10-18)13-16-12(20-17-13)9-14(15)5-3-4-6-14/h11H,3-10,15H2,1-2H3. The Bertz CT molecular complexity index is 454. The molecule has 1 aromatic rings. The Labute approximate surface area is 120 Å². The van der Waals surface area contributed by atoms with Crippen molar-refractivity contribution in [2.75, 3.05) is 33.7 Å². The number of aromatic nitrogens is 2. The van der Waals surface area contributed by atoms with Gasteiger partial charge in [-0.1, -0.05) is 18.0 Å². The molecule has 0 spiro atoms.